The summed E-state index contributed by atoms with van der Waals surface area (Å²) in [5, 5.41) is 18.1. The molecule has 388 valence electrons. The highest BCUT2D eigenvalue weighted by atomic mass is 35.5. The molecular formula is C45H40ClF8N9O10. The van der Waals surface area contributed by atoms with Crippen molar-refractivity contribution in [3.63, 3.8) is 0 Å². The molecule has 0 radical (unpaired) electrons. The third-order valence-electron chi connectivity index (χ3n) is 9.99. The summed E-state index contributed by atoms with van der Waals surface area (Å²) >= 11 is 5.39. The number of aliphatic hydroxyl groups is 2. The van der Waals surface area contributed by atoms with Crippen LogP contribution in [0.3, 0.4) is 0 Å². The van der Waals surface area contributed by atoms with Gasteiger partial charge in [-0.3, -0.25) is 42.4 Å². The van der Waals surface area contributed by atoms with Crippen molar-refractivity contribution in [2.24, 2.45) is 19.1 Å². The second-order valence-corrected chi connectivity index (χ2v) is 15.6. The number of aromatic nitrogens is 8. The van der Waals surface area contributed by atoms with Gasteiger partial charge in [-0.1, -0.05) is 12.1 Å². The summed E-state index contributed by atoms with van der Waals surface area (Å²) in [7, 11) is 2.82. The van der Waals surface area contributed by atoms with E-state index >= 15 is 0 Å². The Bertz CT molecular complexity index is 3370. The SMILES string of the molecule is Cn1c(=O)n(CCCO)c(=O)c2c1nc(Oc1cccc(OC(F)(F)F)c1)n2Cc1cncc(F)c1.Cn1c2c(c(=O)n(CCCO)c1=O)CC(Oc1cccc(OC(F)(F)F)c1)=N2.Fc1cncc(CCl)c1. The number of rotatable bonds is 14. The van der Waals surface area contributed by atoms with Crippen molar-refractivity contribution in [1.29, 1.82) is 0 Å². The first-order valence-corrected chi connectivity index (χ1v) is 21.8. The summed E-state index contributed by atoms with van der Waals surface area (Å²) < 4.78 is 125. The average molecular weight is 1050 g/mol. The molecule has 0 spiro atoms. The quantitative estimate of drug-likeness (QED) is 0.0944. The normalized spacial score (nSPS) is 12.0. The summed E-state index contributed by atoms with van der Waals surface area (Å²) in [6.45, 7) is -0.608. The van der Waals surface area contributed by atoms with E-state index in [-0.39, 0.29) is 104 Å². The van der Waals surface area contributed by atoms with Crippen molar-refractivity contribution < 1.29 is 64.3 Å². The van der Waals surface area contributed by atoms with Crippen LogP contribution in [0.2, 0.25) is 0 Å². The van der Waals surface area contributed by atoms with Gasteiger partial charge in [-0.05, 0) is 60.4 Å². The lowest BCUT2D eigenvalue weighted by Gasteiger charge is -2.12. The molecule has 19 nitrogen and oxygen atoms in total. The molecule has 7 aromatic rings. The van der Waals surface area contributed by atoms with Gasteiger partial charge in [0.2, 0.25) is 5.90 Å². The zero-order chi connectivity index (χ0) is 53.2. The Labute approximate surface area is 410 Å². The number of fused-ring (bicyclic) bond motifs is 2. The number of pyridine rings is 2. The minimum absolute atomic E-state index is 0.0221. The van der Waals surface area contributed by atoms with Crippen LogP contribution in [0.25, 0.3) is 11.2 Å². The molecular weight excluding hydrogens is 1010 g/mol. The molecule has 5 aromatic heterocycles. The number of hydrogen-bond acceptors (Lipinski definition) is 14. The van der Waals surface area contributed by atoms with Gasteiger partial charge in [0.15, 0.2) is 11.2 Å². The van der Waals surface area contributed by atoms with Crippen LogP contribution in [0.4, 0.5) is 40.9 Å². The Balaban J connectivity index is 0.000000207. The van der Waals surface area contributed by atoms with Gasteiger partial charge in [0.1, 0.15) is 40.5 Å². The fourth-order valence-electron chi connectivity index (χ4n) is 6.88. The number of aliphatic imine (C=N–C) groups is 1. The highest BCUT2D eigenvalue weighted by molar-refractivity contribution is 6.17. The lowest BCUT2D eigenvalue weighted by Crippen LogP contribution is -2.40. The van der Waals surface area contributed by atoms with Crippen molar-refractivity contribution in [3.05, 3.63) is 155 Å². The van der Waals surface area contributed by atoms with Gasteiger partial charge in [-0.15, -0.1) is 37.9 Å². The molecule has 0 atom stereocenters. The predicted octanol–water partition coefficient (Wildman–Crippen LogP) is 6.01. The highest BCUT2D eigenvalue weighted by Crippen LogP contribution is 2.31. The van der Waals surface area contributed by atoms with E-state index in [2.05, 4.69) is 29.4 Å². The molecule has 73 heavy (non-hydrogen) atoms. The van der Waals surface area contributed by atoms with Crippen molar-refractivity contribution in [3.8, 4) is 29.0 Å². The van der Waals surface area contributed by atoms with Crippen LogP contribution < -0.4 is 41.4 Å². The fourth-order valence-corrected chi connectivity index (χ4v) is 7.02. The lowest BCUT2D eigenvalue weighted by molar-refractivity contribution is -0.275. The molecule has 1 aliphatic heterocycles. The Hall–Kier alpha value is -7.91. The number of halogens is 9. The molecule has 28 heteroatoms. The van der Waals surface area contributed by atoms with Gasteiger partial charge in [-0.2, -0.15) is 9.98 Å². The summed E-state index contributed by atoms with van der Waals surface area (Å²) in [6, 6.07) is 11.8. The van der Waals surface area contributed by atoms with E-state index in [0.717, 1.165) is 50.4 Å². The van der Waals surface area contributed by atoms with Crippen LogP contribution in [0.1, 0.15) is 29.5 Å². The number of aryl methyl sites for hydroxylation is 1. The highest BCUT2D eigenvalue weighted by Gasteiger charge is 2.33. The first kappa shape index (κ1) is 54.4. The van der Waals surface area contributed by atoms with E-state index < -0.39 is 52.5 Å². The Morgan fingerprint density at radius 3 is 1.68 bits per heavy atom. The number of benzene rings is 2. The number of hydrogen-bond donors (Lipinski definition) is 2. The Morgan fingerprint density at radius 1 is 0.658 bits per heavy atom. The molecule has 0 saturated heterocycles. The van der Waals surface area contributed by atoms with Crippen molar-refractivity contribution >= 4 is 34.5 Å². The van der Waals surface area contributed by atoms with Crippen LogP contribution in [0, 0.1) is 11.6 Å². The molecule has 0 aliphatic carbocycles. The van der Waals surface area contributed by atoms with Gasteiger partial charge in [0.25, 0.3) is 11.1 Å². The van der Waals surface area contributed by atoms with Crippen LogP contribution in [0.5, 0.6) is 29.0 Å². The van der Waals surface area contributed by atoms with Crippen molar-refractivity contribution in [2.75, 3.05) is 13.2 Å². The number of alkyl halides is 7. The molecule has 8 rings (SSSR count). The zero-order valence-corrected chi connectivity index (χ0v) is 38.8. The van der Waals surface area contributed by atoms with Crippen LogP contribution >= 0.6 is 11.6 Å². The monoisotopic (exact) mass is 1050 g/mol. The van der Waals surface area contributed by atoms with Crippen molar-refractivity contribution in [2.45, 2.75) is 57.5 Å². The molecule has 1 aliphatic rings. The molecule has 6 heterocycles. The second kappa shape index (κ2) is 23.5. The van der Waals surface area contributed by atoms with E-state index in [1.807, 2.05) is 0 Å². The Kier molecular flexibility index (Phi) is 17.6. The summed E-state index contributed by atoms with van der Waals surface area (Å²) in [4.78, 5) is 66.6. The summed E-state index contributed by atoms with van der Waals surface area (Å²) in [5.41, 5.74) is -1.42. The number of ether oxygens (including phenoxy) is 4. The summed E-state index contributed by atoms with van der Waals surface area (Å²) in [5.74, 6) is -1.53. The third-order valence-corrected chi connectivity index (χ3v) is 10.3. The lowest BCUT2D eigenvalue weighted by atomic mass is 10.2. The molecule has 2 aromatic carbocycles. The number of nitrogens with zero attached hydrogens (tertiary/aromatic N) is 9. The van der Waals surface area contributed by atoms with Gasteiger partial charge >= 0.3 is 30.1 Å². The second-order valence-electron chi connectivity index (χ2n) is 15.3. The fraction of sp³-hybridized carbons (Fsp3) is 0.289. The predicted molar refractivity (Wildman–Crippen MR) is 243 cm³/mol. The van der Waals surface area contributed by atoms with E-state index in [9.17, 15) is 54.3 Å². The van der Waals surface area contributed by atoms with E-state index in [0.29, 0.717) is 17.0 Å². The largest absolute Gasteiger partial charge is 0.573 e. The van der Waals surface area contributed by atoms with E-state index in [1.165, 1.54) is 72.0 Å². The minimum atomic E-state index is -4.92. The molecule has 0 bridgehead atoms. The average Bonchev–Trinajstić information content (AvgIpc) is 3.91. The number of aliphatic hydroxyl groups excluding tert-OH is 2. The molecule has 0 fully saturated rings. The molecule has 0 saturated carbocycles. The van der Waals surface area contributed by atoms with Crippen LogP contribution in [-0.2, 0) is 46.0 Å². The van der Waals surface area contributed by atoms with Crippen molar-refractivity contribution in [1.82, 2.24) is 37.8 Å². The maximum atomic E-state index is 13.8. The molecule has 2 N–H and O–H groups in total. The molecule has 0 amide bonds. The first-order valence-electron chi connectivity index (χ1n) is 21.2. The standard InChI is InChI=1S/C22H19F4N5O5.C17H16F3N3O5.C6H5ClFN/c1-29-18-17(19(33)30(21(29)34)6-3-7-32)31(12-13-8-14(23)11-27-10-13)20(28-18)35-15-4-2-5-16(9-15)36-22(24,25)26;1-22-14-12(15(25)23(16(22)26)6-3-7-24)9-13(21-14)27-10-4-2-5-11(8-10)28-17(18,19)20;7-2-5-1-6(8)4-9-3-5/h2,4-5,8-11,32H,3,6-7,12H2,1H3;2,4-5,8,24H,3,6-7,9H2,1H3;1,3-4H,2H2. The van der Waals surface area contributed by atoms with E-state index in [1.54, 1.807) is 0 Å². The zero-order valence-electron chi connectivity index (χ0n) is 38.0. The first-order chi connectivity index (χ1) is 34.6. The van der Waals surface area contributed by atoms with E-state index in [4.69, 9.17) is 31.3 Å². The van der Waals surface area contributed by atoms with Crippen LogP contribution in [-0.4, -0.2) is 79.8 Å². The van der Waals surface area contributed by atoms with Gasteiger partial charge in [0, 0.05) is 70.8 Å². The maximum Gasteiger partial charge on any atom is 0.573 e. The minimum Gasteiger partial charge on any atom is -0.442 e. The van der Waals surface area contributed by atoms with Gasteiger partial charge in [-0.25, -0.2) is 18.4 Å². The van der Waals surface area contributed by atoms with Gasteiger partial charge in [0.05, 0.1) is 30.9 Å². The van der Waals surface area contributed by atoms with Gasteiger partial charge < -0.3 is 29.2 Å². The van der Waals surface area contributed by atoms with Crippen LogP contribution in [0.15, 0.2) is 110 Å². The Morgan fingerprint density at radius 2 is 1.16 bits per heavy atom. The number of imidazole rings is 1. The summed E-state index contributed by atoms with van der Waals surface area (Å²) in [6.07, 6.45) is -4.38. The third kappa shape index (κ3) is 14.2. The smallest absolute Gasteiger partial charge is 0.442 e. The maximum absolute atomic E-state index is 13.8. The molecule has 0 unspecified atom stereocenters. The topological polar surface area (TPSA) is 221 Å².